The third-order valence-corrected chi connectivity index (χ3v) is 5.94. The summed E-state index contributed by atoms with van der Waals surface area (Å²) in [6.07, 6.45) is 7.05. The van der Waals surface area contributed by atoms with Crippen molar-refractivity contribution in [3.8, 4) is 11.1 Å². The zero-order valence-corrected chi connectivity index (χ0v) is 16.6. The van der Waals surface area contributed by atoms with E-state index in [0.29, 0.717) is 6.42 Å². The highest BCUT2D eigenvalue weighted by molar-refractivity contribution is 5.97. The molecule has 29 heavy (non-hydrogen) atoms. The predicted octanol–water partition coefficient (Wildman–Crippen LogP) is 4.52. The standard InChI is InChI=1S/C23H23N5O/c1-15-19-12-22(26-16-5-3-9-24-13-16)25-14-20(19)18-8-7-17(11-21(18)27(15)2)28-10-4-6-23(28)29/h3,5,7-9,11-15H,4,6,10H2,1-2H3,(H,25,26)/t15-/m0/s1. The van der Waals surface area contributed by atoms with E-state index in [9.17, 15) is 4.79 Å². The molecule has 2 aromatic heterocycles. The first-order chi connectivity index (χ1) is 14.1. The van der Waals surface area contributed by atoms with Gasteiger partial charge in [-0.05, 0) is 49.2 Å². The van der Waals surface area contributed by atoms with Gasteiger partial charge in [-0.1, -0.05) is 6.07 Å². The van der Waals surface area contributed by atoms with Gasteiger partial charge in [-0.3, -0.25) is 9.78 Å². The summed E-state index contributed by atoms with van der Waals surface area (Å²) < 4.78 is 0. The number of fused-ring (bicyclic) bond motifs is 3. The van der Waals surface area contributed by atoms with Gasteiger partial charge in [-0.25, -0.2) is 4.98 Å². The second kappa shape index (κ2) is 6.88. The van der Waals surface area contributed by atoms with Crippen LogP contribution in [-0.2, 0) is 4.79 Å². The van der Waals surface area contributed by atoms with Crippen molar-refractivity contribution < 1.29 is 4.79 Å². The van der Waals surface area contributed by atoms with Crippen LogP contribution in [0.1, 0.15) is 31.4 Å². The number of nitrogens with zero attached hydrogens (tertiary/aromatic N) is 4. The van der Waals surface area contributed by atoms with Gasteiger partial charge in [0.05, 0.1) is 17.9 Å². The lowest BCUT2D eigenvalue weighted by Crippen LogP contribution is -2.28. The maximum atomic E-state index is 12.2. The molecule has 0 bridgehead atoms. The smallest absolute Gasteiger partial charge is 0.227 e. The topological polar surface area (TPSA) is 61.4 Å². The molecule has 5 rings (SSSR count). The van der Waals surface area contributed by atoms with Crippen molar-refractivity contribution in [2.24, 2.45) is 0 Å². The molecule has 1 aromatic carbocycles. The maximum Gasteiger partial charge on any atom is 0.227 e. The highest BCUT2D eigenvalue weighted by Crippen LogP contribution is 2.45. The molecule has 1 saturated heterocycles. The third kappa shape index (κ3) is 3.01. The van der Waals surface area contributed by atoms with E-state index < -0.39 is 0 Å². The Kier molecular flexibility index (Phi) is 4.19. The summed E-state index contributed by atoms with van der Waals surface area (Å²) in [7, 11) is 2.11. The summed E-state index contributed by atoms with van der Waals surface area (Å²) in [5.74, 6) is 1.02. The van der Waals surface area contributed by atoms with Crippen molar-refractivity contribution in [2.45, 2.75) is 25.8 Å². The van der Waals surface area contributed by atoms with Crippen LogP contribution in [0, 0.1) is 0 Å². The molecule has 146 valence electrons. The molecule has 1 atom stereocenters. The number of hydrogen-bond donors (Lipinski definition) is 1. The van der Waals surface area contributed by atoms with E-state index in [2.05, 4.69) is 58.4 Å². The van der Waals surface area contributed by atoms with Crippen molar-refractivity contribution in [2.75, 3.05) is 28.7 Å². The van der Waals surface area contributed by atoms with Gasteiger partial charge in [-0.2, -0.15) is 0 Å². The minimum Gasteiger partial charge on any atom is -0.367 e. The number of nitrogens with one attached hydrogen (secondary N) is 1. The molecule has 2 aliphatic heterocycles. The second-order valence-corrected chi connectivity index (χ2v) is 7.66. The average molecular weight is 385 g/mol. The predicted molar refractivity (Wildman–Crippen MR) is 116 cm³/mol. The highest BCUT2D eigenvalue weighted by Gasteiger charge is 2.29. The summed E-state index contributed by atoms with van der Waals surface area (Å²) >= 11 is 0. The zero-order chi connectivity index (χ0) is 20.0. The lowest BCUT2D eigenvalue weighted by molar-refractivity contribution is -0.117. The summed E-state index contributed by atoms with van der Waals surface area (Å²) in [4.78, 5) is 25.1. The Morgan fingerprint density at radius 2 is 2.03 bits per heavy atom. The van der Waals surface area contributed by atoms with Crippen LogP contribution in [-0.4, -0.2) is 29.5 Å². The Labute approximate surface area is 170 Å². The number of aromatic nitrogens is 2. The largest absolute Gasteiger partial charge is 0.367 e. The number of benzene rings is 1. The molecule has 1 N–H and O–H groups in total. The fraction of sp³-hybridized carbons (Fsp3) is 0.261. The normalized spacial score (nSPS) is 17.9. The van der Waals surface area contributed by atoms with Gasteiger partial charge < -0.3 is 15.1 Å². The number of carbonyl (C=O) groups excluding carboxylic acids is 1. The van der Waals surface area contributed by atoms with Gasteiger partial charge in [-0.15, -0.1) is 0 Å². The minimum atomic E-state index is 0.194. The molecule has 0 saturated carbocycles. The molecular formula is C23H23N5O. The Hall–Kier alpha value is -3.41. The molecule has 1 amide bonds. The van der Waals surface area contributed by atoms with E-state index in [4.69, 9.17) is 0 Å². The lowest BCUT2D eigenvalue weighted by atomic mass is 9.90. The molecule has 0 spiro atoms. The van der Waals surface area contributed by atoms with Crippen LogP contribution in [0.15, 0.2) is 55.0 Å². The molecule has 6 heteroatoms. The maximum absolute atomic E-state index is 12.2. The number of rotatable bonds is 3. The summed E-state index contributed by atoms with van der Waals surface area (Å²) in [5, 5.41) is 3.33. The first kappa shape index (κ1) is 17.7. The van der Waals surface area contributed by atoms with Gasteiger partial charge in [0.2, 0.25) is 5.91 Å². The van der Waals surface area contributed by atoms with Gasteiger partial charge in [0.15, 0.2) is 0 Å². The van der Waals surface area contributed by atoms with Crippen LogP contribution in [0.5, 0.6) is 0 Å². The lowest BCUT2D eigenvalue weighted by Gasteiger charge is -2.36. The number of carbonyl (C=O) groups is 1. The minimum absolute atomic E-state index is 0.194. The van der Waals surface area contributed by atoms with E-state index in [1.807, 2.05) is 23.2 Å². The first-order valence-electron chi connectivity index (χ1n) is 9.96. The fourth-order valence-corrected chi connectivity index (χ4v) is 4.24. The first-order valence-corrected chi connectivity index (χ1v) is 9.96. The summed E-state index contributed by atoms with van der Waals surface area (Å²) in [6, 6.07) is 12.5. The average Bonchev–Trinajstić information content (AvgIpc) is 3.18. The van der Waals surface area contributed by atoms with E-state index in [-0.39, 0.29) is 11.9 Å². The Balaban J connectivity index is 1.53. The van der Waals surface area contributed by atoms with Crippen molar-refractivity contribution in [1.82, 2.24) is 9.97 Å². The molecule has 0 aliphatic carbocycles. The molecule has 3 aromatic rings. The van der Waals surface area contributed by atoms with Gasteiger partial charge in [0.1, 0.15) is 5.82 Å². The summed E-state index contributed by atoms with van der Waals surface area (Å²) in [6.45, 7) is 3.00. The molecule has 2 aliphatic rings. The SMILES string of the molecule is C[C@H]1c2cc(Nc3cccnc3)ncc2-c2ccc(N3CCCC3=O)cc2N1C. The molecular weight excluding hydrogens is 362 g/mol. The molecule has 0 radical (unpaired) electrons. The third-order valence-electron chi connectivity index (χ3n) is 5.94. The Morgan fingerprint density at radius 3 is 2.79 bits per heavy atom. The molecule has 0 unspecified atom stereocenters. The van der Waals surface area contributed by atoms with Crippen LogP contribution in [0.4, 0.5) is 22.9 Å². The molecule has 6 nitrogen and oxygen atoms in total. The molecule has 4 heterocycles. The molecule has 1 fully saturated rings. The quantitative estimate of drug-likeness (QED) is 0.718. The van der Waals surface area contributed by atoms with Crippen molar-refractivity contribution in [3.63, 3.8) is 0 Å². The van der Waals surface area contributed by atoms with Crippen LogP contribution in [0.3, 0.4) is 0 Å². The van der Waals surface area contributed by atoms with Gasteiger partial charge in [0.25, 0.3) is 0 Å². The van der Waals surface area contributed by atoms with E-state index in [0.717, 1.165) is 47.0 Å². The van der Waals surface area contributed by atoms with Crippen molar-refractivity contribution in [1.29, 1.82) is 0 Å². The number of amides is 1. The van der Waals surface area contributed by atoms with E-state index >= 15 is 0 Å². The fourth-order valence-electron chi connectivity index (χ4n) is 4.24. The van der Waals surface area contributed by atoms with Crippen molar-refractivity contribution in [3.05, 3.63) is 60.6 Å². The highest BCUT2D eigenvalue weighted by atomic mass is 16.2. The van der Waals surface area contributed by atoms with Crippen LogP contribution in [0.2, 0.25) is 0 Å². The second-order valence-electron chi connectivity index (χ2n) is 7.66. The van der Waals surface area contributed by atoms with Gasteiger partial charge in [0, 0.05) is 54.9 Å². The van der Waals surface area contributed by atoms with Crippen molar-refractivity contribution >= 4 is 28.8 Å². The van der Waals surface area contributed by atoms with Gasteiger partial charge >= 0.3 is 0 Å². The summed E-state index contributed by atoms with van der Waals surface area (Å²) in [5.41, 5.74) is 6.55. The zero-order valence-electron chi connectivity index (χ0n) is 16.6. The Morgan fingerprint density at radius 1 is 1.14 bits per heavy atom. The Bertz CT molecular complexity index is 1080. The van der Waals surface area contributed by atoms with E-state index in [1.165, 1.54) is 5.56 Å². The number of anilines is 4. The van der Waals surface area contributed by atoms with E-state index in [1.54, 1.807) is 12.4 Å². The number of pyridine rings is 2. The van der Waals surface area contributed by atoms with Crippen LogP contribution < -0.4 is 15.1 Å². The monoisotopic (exact) mass is 385 g/mol. The van der Waals surface area contributed by atoms with Crippen LogP contribution >= 0.6 is 0 Å². The number of hydrogen-bond acceptors (Lipinski definition) is 5. The van der Waals surface area contributed by atoms with Crippen LogP contribution in [0.25, 0.3) is 11.1 Å².